The van der Waals surface area contributed by atoms with E-state index < -0.39 is 11.9 Å². The summed E-state index contributed by atoms with van der Waals surface area (Å²) in [4.78, 5) is 4.30. The standard InChI is InChI=1S/C16H18ClFN2O/c1-3-9-19-15(16-12(17)7-5-10-20-16)11-6-4-8-13(21-2)14(11)18/h4-8,10,15,19H,3,9H2,1-2H3. The van der Waals surface area contributed by atoms with Crippen molar-refractivity contribution < 1.29 is 9.13 Å². The molecule has 0 saturated heterocycles. The van der Waals surface area contributed by atoms with Crippen LogP contribution in [0.4, 0.5) is 4.39 Å². The molecule has 0 radical (unpaired) electrons. The predicted octanol–water partition coefficient (Wildman–Crippen LogP) is 3.97. The highest BCUT2D eigenvalue weighted by molar-refractivity contribution is 6.31. The van der Waals surface area contributed by atoms with Gasteiger partial charge in [-0.2, -0.15) is 0 Å². The first-order valence-electron chi connectivity index (χ1n) is 6.85. The number of nitrogens with zero attached hydrogens (tertiary/aromatic N) is 1. The fraction of sp³-hybridized carbons (Fsp3) is 0.312. The molecule has 112 valence electrons. The third-order valence-corrected chi connectivity index (χ3v) is 3.50. The van der Waals surface area contributed by atoms with E-state index in [4.69, 9.17) is 16.3 Å². The molecule has 1 unspecified atom stereocenters. The van der Waals surface area contributed by atoms with Crippen molar-refractivity contribution in [3.8, 4) is 5.75 Å². The molecule has 0 aliphatic rings. The van der Waals surface area contributed by atoms with Gasteiger partial charge in [-0.05, 0) is 31.2 Å². The van der Waals surface area contributed by atoms with E-state index in [-0.39, 0.29) is 5.75 Å². The van der Waals surface area contributed by atoms with Crippen LogP contribution in [0.15, 0.2) is 36.5 Å². The van der Waals surface area contributed by atoms with Crippen molar-refractivity contribution in [2.75, 3.05) is 13.7 Å². The zero-order valence-corrected chi connectivity index (χ0v) is 12.8. The van der Waals surface area contributed by atoms with E-state index in [1.165, 1.54) is 7.11 Å². The summed E-state index contributed by atoms with van der Waals surface area (Å²) in [5, 5.41) is 3.80. The number of methoxy groups -OCH3 is 1. The first kappa shape index (κ1) is 15.7. The second-order valence-electron chi connectivity index (χ2n) is 4.62. The fourth-order valence-corrected chi connectivity index (χ4v) is 2.39. The molecule has 5 heteroatoms. The largest absolute Gasteiger partial charge is 0.494 e. The molecule has 0 aliphatic carbocycles. The number of nitrogens with one attached hydrogen (secondary N) is 1. The maximum Gasteiger partial charge on any atom is 0.170 e. The van der Waals surface area contributed by atoms with E-state index in [0.717, 1.165) is 13.0 Å². The third kappa shape index (κ3) is 3.52. The average Bonchev–Trinajstić information content (AvgIpc) is 2.50. The van der Waals surface area contributed by atoms with Crippen LogP contribution in [0.1, 0.15) is 30.6 Å². The monoisotopic (exact) mass is 308 g/mol. The molecule has 0 amide bonds. The van der Waals surface area contributed by atoms with Gasteiger partial charge in [0.05, 0.1) is 23.9 Å². The van der Waals surface area contributed by atoms with Gasteiger partial charge < -0.3 is 10.1 Å². The number of halogens is 2. The Hall–Kier alpha value is -1.65. The second-order valence-corrected chi connectivity index (χ2v) is 5.03. The summed E-state index contributed by atoms with van der Waals surface area (Å²) in [6.07, 6.45) is 2.58. The molecule has 0 aliphatic heterocycles. The molecule has 3 nitrogen and oxygen atoms in total. The van der Waals surface area contributed by atoms with Gasteiger partial charge >= 0.3 is 0 Å². The summed E-state index contributed by atoms with van der Waals surface area (Å²) in [5.74, 6) is -0.182. The van der Waals surface area contributed by atoms with Crippen LogP contribution in [-0.4, -0.2) is 18.6 Å². The lowest BCUT2D eigenvalue weighted by Gasteiger charge is -2.21. The van der Waals surface area contributed by atoms with E-state index in [1.807, 2.05) is 6.92 Å². The van der Waals surface area contributed by atoms with Crippen molar-refractivity contribution in [3.05, 3.63) is 58.6 Å². The molecule has 0 fully saturated rings. The zero-order valence-electron chi connectivity index (χ0n) is 12.1. The molecule has 1 aromatic heterocycles. The van der Waals surface area contributed by atoms with Crippen molar-refractivity contribution >= 4 is 11.6 Å². The number of benzene rings is 1. The molecule has 1 N–H and O–H groups in total. The highest BCUT2D eigenvalue weighted by Crippen LogP contribution is 2.31. The highest BCUT2D eigenvalue weighted by atomic mass is 35.5. The normalized spacial score (nSPS) is 12.2. The highest BCUT2D eigenvalue weighted by Gasteiger charge is 2.22. The third-order valence-electron chi connectivity index (χ3n) is 3.18. The van der Waals surface area contributed by atoms with Gasteiger partial charge in [0.2, 0.25) is 0 Å². The predicted molar refractivity (Wildman–Crippen MR) is 82.3 cm³/mol. The Labute approximate surface area is 129 Å². The van der Waals surface area contributed by atoms with Gasteiger partial charge in [0.25, 0.3) is 0 Å². The maximum absolute atomic E-state index is 14.5. The topological polar surface area (TPSA) is 34.1 Å². The molecule has 2 rings (SSSR count). The van der Waals surface area contributed by atoms with Crippen molar-refractivity contribution in [1.82, 2.24) is 10.3 Å². The summed E-state index contributed by atoms with van der Waals surface area (Å²) < 4.78 is 19.6. The lowest BCUT2D eigenvalue weighted by Crippen LogP contribution is -2.25. The van der Waals surface area contributed by atoms with Gasteiger partial charge in [-0.1, -0.05) is 30.7 Å². The Morgan fingerprint density at radius 3 is 2.81 bits per heavy atom. The van der Waals surface area contributed by atoms with Gasteiger partial charge in [0, 0.05) is 11.8 Å². The molecule has 1 atom stereocenters. The minimum Gasteiger partial charge on any atom is -0.494 e. The summed E-state index contributed by atoms with van der Waals surface area (Å²) in [6.45, 7) is 2.78. The molecule has 1 aromatic carbocycles. The van der Waals surface area contributed by atoms with E-state index in [9.17, 15) is 4.39 Å². The molecule has 0 spiro atoms. The van der Waals surface area contributed by atoms with Gasteiger partial charge in [0.1, 0.15) is 0 Å². The number of rotatable bonds is 6. The minimum atomic E-state index is -0.409. The number of hydrogen-bond acceptors (Lipinski definition) is 3. The Morgan fingerprint density at radius 2 is 2.14 bits per heavy atom. The minimum absolute atomic E-state index is 0.211. The Morgan fingerprint density at radius 1 is 1.33 bits per heavy atom. The SMILES string of the molecule is CCCNC(c1cccc(OC)c1F)c1ncccc1Cl. The number of aromatic nitrogens is 1. The summed E-state index contributed by atoms with van der Waals surface area (Å²) in [6, 6.07) is 8.17. The lowest BCUT2D eigenvalue weighted by atomic mass is 10.0. The second kappa shape index (κ2) is 7.38. The molecule has 2 aromatic rings. The summed E-state index contributed by atoms with van der Waals surface area (Å²) in [7, 11) is 1.45. The van der Waals surface area contributed by atoms with E-state index in [1.54, 1.807) is 36.5 Å². The molecule has 21 heavy (non-hydrogen) atoms. The molecule has 0 bridgehead atoms. The first-order chi connectivity index (χ1) is 10.2. The van der Waals surface area contributed by atoms with Crippen molar-refractivity contribution in [2.24, 2.45) is 0 Å². The van der Waals surface area contributed by atoms with Crippen molar-refractivity contribution in [2.45, 2.75) is 19.4 Å². The van der Waals surface area contributed by atoms with Crippen LogP contribution in [0.2, 0.25) is 5.02 Å². The molecular formula is C16H18ClFN2O. The number of pyridine rings is 1. The van der Waals surface area contributed by atoms with Crippen molar-refractivity contribution in [1.29, 1.82) is 0 Å². The van der Waals surface area contributed by atoms with Crippen LogP contribution in [0.3, 0.4) is 0 Å². The van der Waals surface area contributed by atoms with Gasteiger partial charge in [0.15, 0.2) is 11.6 Å². The zero-order chi connectivity index (χ0) is 15.2. The van der Waals surface area contributed by atoms with Crippen LogP contribution < -0.4 is 10.1 Å². The smallest absolute Gasteiger partial charge is 0.170 e. The van der Waals surface area contributed by atoms with Gasteiger partial charge in [-0.15, -0.1) is 0 Å². The van der Waals surface area contributed by atoms with E-state index in [2.05, 4.69) is 10.3 Å². The summed E-state index contributed by atoms with van der Waals surface area (Å²) in [5.41, 5.74) is 1.09. The number of ether oxygens (including phenoxy) is 1. The average molecular weight is 309 g/mol. The van der Waals surface area contributed by atoms with Crippen molar-refractivity contribution in [3.63, 3.8) is 0 Å². The van der Waals surface area contributed by atoms with Crippen LogP contribution >= 0.6 is 11.6 Å². The van der Waals surface area contributed by atoms with Crippen LogP contribution in [-0.2, 0) is 0 Å². The van der Waals surface area contributed by atoms with Crippen LogP contribution in [0.25, 0.3) is 0 Å². The van der Waals surface area contributed by atoms with E-state index in [0.29, 0.717) is 16.3 Å². The maximum atomic E-state index is 14.5. The Bertz CT molecular complexity index is 607. The van der Waals surface area contributed by atoms with Gasteiger partial charge in [-0.3, -0.25) is 4.98 Å². The Balaban J connectivity index is 2.48. The molecular weight excluding hydrogens is 291 g/mol. The fourth-order valence-electron chi connectivity index (χ4n) is 2.16. The van der Waals surface area contributed by atoms with Crippen LogP contribution in [0.5, 0.6) is 5.75 Å². The summed E-state index contributed by atoms with van der Waals surface area (Å²) >= 11 is 6.22. The first-order valence-corrected chi connectivity index (χ1v) is 7.23. The number of hydrogen-bond donors (Lipinski definition) is 1. The quantitative estimate of drug-likeness (QED) is 0.876. The Kier molecular flexibility index (Phi) is 5.53. The lowest BCUT2D eigenvalue weighted by molar-refractivity contribution is 0.381. The van der Waals surface area contributed by atoms with Crippen LogP contribution in [0, 0.1) is 5.82 Å². The van der Waals surface area contributed by atoms with Gasteiger partial charge in [-0.25, -0.2) is 4.39 Å². The molecule has 1 heterocycles. The molecule has 0 saturated carbocycles. The van der Waals surface area contributed by atoms with E-state index >= 15 is 0 Å².